The molecule has 0 bridgehead atoms. The van der Waals surface area contributed by atoms with Crippen LogP contribution in [0.3, 0.4) is 0 Å². The Balaban J connectivity index is 1.88. The Labute approximate surface area is 123 Å². The SMILES string of the molecule is CS(=O)(=O)N1Cc2ccnn2[C@@H](C(=O)N2CCCCO2)C1. The summed E-state index contributed by atoms with van der Waals surface area (Å²) < 4.78 is 26.5. The molecule has 0 N–H and O–H groups in total. The van der Waals surface area contributed by atoms with E-state index in [0.29, 0.717) is 18.8 Å². The Morgan fingerprint density at radius 3 is 2.90 bits per heavy atom. The summed E-state index contributed by atoms with van der Waals surface area (Å²) in [6.07, 6.45) is 4.55. The molecular formula is C12H18N4O4S. The van der Waals surface area contributed by atoms with Crippen molar-refractivity contribution in [3.8, 4) is 0 Å². The molecule has 1 atom stereocenters. The first kappa shape index (κ1) is 14.5. The Kier molecular flexibility index (Phi) is 3.72. The van der Waals surface area contributed by atoms with Gasteiger partial charge in [0.2, 0.25) is 10.0 Å². The van der Waals surface area contributed by atoms with Crippen molar-refractivity contribution in [3.63, 3.8) is 0 Å². The molecule has 0 aromatic carbocycles. The third kappa shape index (κ3) is 2.81. The largest absolute Gasteiger partial charge is 0.272 e. The van der Waals surface area contributed by atoms with E-state index in [9.17, 15) is 13.2 Å². The van der Waals surface area contributed by atoms with Crippen LogP contribution >= 0.6 is 0 Å². The molecule has 2 aliphatic heterocycles. The smallest absolute Gasteiger partial charge is 0.271 e. The van der Waals surface area contributed by atoms with Crippen molar-refractivity contribution in [2.75, 3.05) is 26.0 Å². The maximum absolute atomic E-state index is 12.6. The van der Waals surface area contributed by atoms with Gasteiger partial charge in [-0.05, 0) is 18.9 Å². The summed E-state index contributed by atoms with van der Waals surface area (Å²) in [4.78, 5) is 18.0. The molecule has 21 heavy (non-hydrogen) atoms. The Morgan fingerprint density at radius 1 is 1.43 bits per heavy atom. The van der Waals surface area contributed by atoms with Crippen LogP contribution in [0, 0.1) is 0 Å². The normalized spacial score (nSPS) is 23.9. The Hall–Kier alpha value is -1.45. The summed E-state index contributed by atoms with van der Waals surface area (Å²) in [5, 5.41) is 5.50. The molecule has 9 heteroatoms. The lowest BCUT2D eigenvalue weighted by Gasteiger charge is -2.35. The number of hydroxylamine groups is 2. The van der Waals surface area contributed by atoms with Gasteiger partial charge in [0, 0.05) is 19.3 Å². The second kappa shape index (κ2) is 5.39. The first-order chi connectivity index (χ1) is 9.97. The number of hydrogen-bond donors (Lipinski definition) is 0. The van der Waals surface area contributed by atoms with Crippen molar-refractivity contribution in [1.82, 2.24) is 19.1 Å². The number of hydrogen-bond acceptors (Lipinski definition) is 5. The van der Waals surface area contributed by atoms with E-state index in [4.69, 9.17) is 4.84 Å². The van der Waals surface area contributed by atoms with Crippen LogP contribution in [0.5, 0.6) is 0 Å². The molecule has 3 heterocycles. The highest BCUT2D eigenvalue weighted by Crippen LogP contribution is 2.24. The predicted molar refractivity (Wildman–Crippen MR) is 73.4 cm³/mol. The highest BCUT2D eigenvalue weighted by Gasteiger charge is 2.37. The van der Waals surface area contributed by atoms with Crippen molar-refractivity contribution >= 4 is 15.9 Å². The Morgan fingerprint density at radius 2 is 2.24 bits per heavy atom. The first-order valence-electron chi connectivity index (χ1n) is 6.88. The predicted octanol–water partition coefficient (Wildman–Crippen LogP) is -0.247. The summed E-state index contributed by atoms with van der Waals surface area (Å²) in [5.74, 6) is -0.243. The second-order valence-corrected chi connectivity index (χ2v) is 7.30. The van der Waals surface area contributed by atoms with Crippen molar-refractivity contribution in [3.05, 3.63) is 18.0 Å². The fraction of sp³-hybridized carbons (Fsp3) is 0.667. The molecule has 0 radical (unpaired) electrons. The van der Waals surface area contributed by atoms with E-state index in [1.165, 1.54) is 9.37 Å². The van der Waals surface area contributed by atoms with Crippen LogP contribution in [0.25, 0.3) is 0 Å². The van der Waals surface area contributed by atoms with E-state index in [1.807, 2.05) is 0 Å². The van der Waals surface area contributed by atoms with Gasteiger partial charge in [-0.15, -0.1) is 0 Å². The maximum atomic E-state index is 12.6. The van der Waals surface area contributed by atoms with Gasteiger partial charge in [-0.25, -0.2) is 13.5 Å². The lowest BCUT2D eigenvalue weighted by atomic mass is 10.2. The summed E-state index contributed by atoms with van der Waals surface area (Å²) in [7, 11) is -3.36. The average Bonchev–Trinajstić information content (AvgIpc) is 2.94. The molecule has 116 valence electrons. The van der Waals surface area contributed by atoms with Gasteiger partial charge in [-0.2, -0.15) is 9.40 Å². The minimum atomic E-state index is -3.36. The zero-order valence-electron chi connectivity index (χ0n) is 11.8. The topological polar surface area (TPSA) is 84.7 Å². The van der Waals surface area contributed by atoms with Gasteiger partial charge in [0.25, 0.3) is 5.91 Å². The third-order valence-corrected chi connectivity index (χ3v) is 4.98. The van der Waals surface area contributed by atoms with E-state index in [-0.39, 0.29) is 19.0 Å². The van der Waals surface area contributed by atoms with Crippen molar-refractivity contribution in [2.45, 2.75) is 25.4 Å². The fourth-order valence-electron chi connectivity index (χ4n) is 2.64. The highest BCUT2D eigenvalue weighted by atomic mass is 32.2. The molecule has 3 rings (SSSR count). The molecule has 2 aliphatic rings. The van der Waals surface area contributed by atoms with Gasteiger partial charge >= 0.3 is 0 Å². The van der Waals surface area contributed by atoms with Crippen LogP contribution in [-0.4, -0.2) is 59.4 Å². The molecule has 1 fully saturated rings. The van der Waals surface area contributed by atoms with E-state index < -0.39 is 16.1 Å². The van der Waals surface area contributed by atoms with Gasteiger partial charge in [0.05, 0.1) is 25.1 Å². The maximum Gasteiger partial charge on any atom is 0.272 e. The molecule has 1 amide bonds. The summed E-state index contributed by atoms with van der Waals surface area (Å²) in [6, 6.07) is 1.06. The van der Waals surface area contributed by atoms with Crippen LogP contribution in [-0.2, 0) is 26.2 Å². The van der Waals surface area contributed by atoms with Gasteiger partial charge in [0.15, 0.2) is 0 Å². The zero-order chi connectivity index (χ0) is 15.0. The van der Waals surface area contributed by atoms with Crippen LogP contribution in [0.4, 0.5) is 0 Å². The molecule has 0 aliphatic carbocycles. The second-order valence-electron chi connectivity index (χ2n) is 5.32. The molecule has 1 aromatic rings. The van der Waals surface area contributed by atoms with Crippen molar-refractivity contribution in [1.29, 1.82) is 0 Å². The van der Waals surface area contributed by atoms with Crippen LogP contribution in [0.1, 0.15) is 24.6 Å². The van der Waals surface area contributed by atoms with Crippen molar-refractivity contribution in [2.24, 2.45) is 0 Å². The third-order valence-electron chi connectivity index (χ3n) is 3.76. The zero-order valence-corrected chi connectivity index (χ0v) is 12.6. The molecule has 0 unspecified atom stereocenters. The van der Waals surface area contributed by atoms with Gasteiger partial charge in [0.1, 0.15) is 6.04 Å². The fourth-order valence-corrected chi connectivity index (χ4v) is 3.41. The van der Waals surface area contributed by atoms with E-state index in [2.05, 4.69) is 5.10 Å². The lowest BCUT2D eigenvalue weighted by Crippen LogP contribution is -2.48. The number of rotatable bonds is 2. The van der Waals surface area contributed by atoms with E-state index >= 15 is 0 Å². The van der Waals surface area contributed by atoms with Gasteiger partial charge < -0.3 is 0 Å². The first-order valence-corrected chi connectivity index (χ1v) is 8.73. The molecule has 1 aromatic heterocycles. The standard InChI is InChI=1S/C12H18N4O4S/c1-21(18,19)14-8-10-4-5-13-16(10)11(9-14)12(17)15-6-2-3-7-20-15/h4-5,11H,2-3,6-9H2,1H3/t11-/m1/s1. The number of nitrogens with zero attached hydrogens (tertiary/aromatic N) is 4. The molecule has 0 saturated carbocycles. The van der Waals surface area contributed by atoms with Crippen molar-refractivity contribution < 1.29 is 18.0 Å². The molecule has 8 nitrogen and oxygen atoms in total. The van der Waals surface area contributed by atoms with E-state index in [1.54, 1.807) is 16.9 Å². The summed E-state index contributed by atoms with van der Waals surface area (Å²) >= 11 is 0. The van der Waals surface area contributed by atoms with Crippen LogP contribution in [0.2, 0.25) is 0 Å². The number of amides is 1. The van der Waals surface area contributed by atoms with Gasteiger partial charge in [-0.3, -0.25) is 14.3 Å². The number of carbonyl (C=O) groups excluding carboxylic acids is 1. The van der Waals surface area contributed by atoms with E-state index in [0.717, 1.165) is 19.1 Å². The number of aromatic nitrogens is 2. The summed E-state index contributed by atoms with van der Waals surface area (Å²) in [5.41, 5.74) is 0.710. The number of fused-ring (bicyclic) bond motifs is 1. The minimum Gasteiger partial charge on any atom is -0.271 e. The summed E-state index contributed by atoms with van der Waals surface area (Å²) in [6.45, 7) is 1.38. The Bertz CT molecular complexity index is 635. The number of carbonyl (C=O) groups is 1. The lowest BCUT2D eigenvalue weighted by molar-refractivity contribution is -0.201. The molecule has 1 saturated heterocycles. The monoisotopic (exact) mass is 314 g/mol. The van der Waals surface area contributed by atoms with Crippen LogP contribution < -0.4 is 0 Å². The van der Waals surface area contributed by atoms with Gasteiger partial charge in [-0.1, -0.05) is 0 Å². The van der Waals surface area contributed by atoms with Crippen LogP contribution in [0.15, 0.2) is 12.3 Å². The molecule has 0 spiro atoms. The average molecular weight is 314 g/mol. The quantitative estimate of drug-likeness (QED) is 0.752. The minimum absolute atomic E-state index is 0.0895. The highest BCUT2D eigenvalue weighted by molar-refractivity contribution is 7.88. The number of sulfonamides is 1. The molecular weight excluding hydrogens is 296 g/mol.